The van der Waals surface area contributed by atoms with Crippen molar-refractivity contribution in [3.8, 4) is 39.7 Å². The fourth-order valence-electron chi connectivity index (χ4n) is 3.95. The van der Waals surface area contributed by atoms with Crippen LogP contribution < -0.4 is 10.0 Å². The SMILES string of the molecule is O=S(=O)(NCCCNc1nccc(-c2cn(-c3ccccc3)nc2-c2ccc(Cl)c(O)c2)n1)c1ccc(O)cc1. The molecule has 204 valence electrons. The highest BCUT2D eigenvalue weighted by Crippen LogP contribution is 2.35. The molecule has 0 saturated carbocycles. The summed E-state index contributed by atoms with van der Waals surface area (Å²) in [6.07, 6.45) is 3.97. The number of sulfonamides is 1. The number of benzene rings is 3. The molecule has 3 aromatic carbocycles. The van der Waals surface area contributed by atoms with E-state index in [2.05, 4.69) is 20.0 Å². The molecule has 0 atom stereocenters. The van der Waals surface area contributed by atoms with Crippen LogP contribution in [0.1, 0.15) is 6.42 Å². The molecule has 5 aromatic rings. The van der Waals surface area contributed by atoms with Crippen LogP contribution in [0.3, 0.4) is 0 Å². The summed E-state index contributed by atoms with van der Waals surface area (Å²) < 4.78 is 29.1. The molecule has 0 bridgehead atoms. The molecule has 0 spiro atoms. The van der Waals surface area contributed by atoms with Crippen molar-refractivity contribution in [2.45, 2.75) is 11.3 Å². The summed E-state index contributed by atoms with van der Waals surface area (Å²) in [7, 11) is -3.68. The van der Waals surface area contributed by atoms with E-state index in [1.54, 1.807) is 35.1 Å². The van der Waals surface area contributed by atoms with Crippen molar-refractivity contribution >= 4 is 27.6 Å². The standard InChI is InChI=1S/C28H25ClN6O4S/c29-24-12-7-19(17-26(24)37)27-23(18-35(34-27)20-5-2-1-3-6-20)25-13-16-31-28(33-25)30-14-4-15-32-40(38,39)22-10-8-21(36)9-11-22/h1-3,5-13,16-18,32,36-37H,4,14-15H2,(H,30,31,33). The minimum absolute atomic E-state index is 0.00349. The maximum atomic E-state index is 12.4. The average molecular weight is 577 g/mol. The fourth-order valence-corrected chi connectivity index (χ4v) is 5.14. The van der Waals surface area contributed by atoms with Crippen molar-refractivity contribution in [1.29, 1.82) is 0 Å². The van der Waals surface area contributed by atoms with Crippen LogP contribution in [0.25, 0.3) is 28.2 Å². The summed E-state index contributed by atoms with van der Waals surface area (Å²) in [5.74, 6) is 0.318. The Morgan fingerprint density at radius 2 is 1.70 bits per heavy atom. The Balaban J connectivity index is 1.32. The Bertz CT molecular complexity index is 1730. The van der Waals surface area contributed by atoms with Crippen LogP contribution in [0.15, 0.2) is 96.2 Å². The molecule has 4 N–H and O–H groups in total. The molecule has 0 aliphatic rings. The van der Waals surface area contributed by atoms with Gasteiger partial charge in [0, 0.05) is 36.6 Å². The highest BCUT2D eigenvalue weighted by atomic mass is 35.5. The first-order valence-electron chi connectivity index (χ1n) is 12.3. The van der Waals surface area contributed by atoms with Crippen LogP contribution in [0.2, 0.25) is 5.02 Å². The lowest BCUT2D eigenvalue weighted by Gasteiger charge is -2.09. The van der Waals surface area contributed by atoms with Gasteiger partial charge in [-0.05, 0) is 61.0 Å². The minimum atomic E-state index is -3.68. The van der Waals surface area contributed by atoms with Crippen molar-refractivity contribution in [3.05, 3.63) is 96.3 Å². The summed E-state index contributed by atoms with van der Waals surface area (Å²) in [4.78, 5) is 9.02. The Morgan fingerprint density at radius 3 is 2.45 bits per heavy atom. The number of aromatic nitrogens is 4. The molecule has 0 fully saturated rings. The second kappa shape index (κ2) is 11.7. The first-order valence-corrected chi connectivity index (χ1v) is 14.2. The van der Waals surface area contributed by atoms with Crippen LogP contribution in [0.4, 0.5) is 5.95 Å². The van der Waals surface area contributed by atoms with E-state index >= 15 is 0 Å². The second-order valence-electron chi connectivity index (χ2n) is 8.78. The normalized spacial score (nSPS) is 11.4. The predicted molar refractivity (Wildman–Crippen MR) is 153 cm³/mol. The second-order valence-corrected chi connectivity index (χ2v) is 10.9. The highest BCUT2D eigenvalue weighted by Gasteiger charge is 2.17. The maximum absolute atomic E-state index is 12.4. The summed E-state index contributed by atoms with van der Waals surface area (Å²) in [5, 5.41) is 27.7. The van der Waals surface area contributed by atoms with E-state index in [1.165, 1.54) is 24.3 Å². The minimum Gasteiger partial charge on any atom is -0.508 e. The topological polar surface area (TPSA) is 142 Å². The van der Waals surface area contributed by atoms with Crippen molar-refractivity contribution in [1.82, 2.24) is 24.5 Å². The van der Waals surface area contributed by atoms with E-state index in [4.69, 9.17) is 16.7 Å². The van der Waals surface area contributed by atoms with Gasteiger partial charge < -0.3 is 15.5 Å². The lowest BCUT2D eigenvalue weighted by atomic mass is 10.1. The Hall–Kier alpha value is -4.45. The van der Waals surface area contributed by atoms with Crippen LogP contribution in [-0.4, -0.2) is 51.5 Å². The third-order valence-corrected chi connectivity index (χ3v) is 7.76. The number of halogens is 1. The number of aromatic hydroxyl groups is 2. The van der Waals surface area contributed by atoms with Crippen LogP contribution in [0.5, 0.6) is 11.5 Å². The molecule has 40 heavy (non-hydrogen) atoms. The third-order valence-electron chi connectivity index (χ3n) is 5.96. The number of nitrogens with zero attached hydrogens (tertiary/aromatic N) is 4. The van der Waals surface area contributed by atoms with Gasteiger partial charge in [-0.25, -0.2) is 27.8 Å². The van der Waals surface area contributed by atoms with Gasteiger partial charge in [0.05, 0.1) is 21.3 Å². The lowest BCUT2D eigenvalue weighted by molar-refractivity contribution is 0.474. The molecule has 0 radical (unpaired) electrons. The summed E-state index contributed by atoms with van der Waals surface area (Å²) in [5.41, 5.74) is 3.45. The lowest BCUT2D eigenvalue weighted by Crippen LogP contribution is -2.26. The van der Waals surface area contributed by atoms with Gasteiger partial charge in [0.25, 0.3) is 0 Å². The van der Waals surface area contributed by atoms with Crippen molar-refractivity contribution in [2.24, 2.45) is 0 Å². The largest absolute Gasteiger partial charge is 0.508 e. The quantitative estimate of drug-likeness (QED) is 0.173. The molecule has 5 rings (SSSR count). The molecule has 2 aromatic heterocycles. The highest BCUT2D eigenvalue weighted by molar-refractivity contribution is 7.89. The molecular weight excluding hydrogens is 552 g/mol. The van der Waals surface area contributed by atoms with Gasteiger partial charge in [-0.1, -0.05) is 35.9 Å². The summed E-state index contributed by atoms with van der Waals surface area (Å²) >= 11 is 6.03. The summed E-state index contributed by atoms with van der Waals surface area (Å²) in [6.45, 7) is 0.618. The zero-order valence-corrected chi connectivity index (χ0v) is 22.6. The molecule has 0 aliphatic heterocycles. The van der Waals surface area contributed by atoms with Crippen LogP contribution >= 0.6 is 11.6 Å². The molecule has 10 nitrogen and oxygen atoms in total. The number of phenolic OH excluding ortho intramolecular Hbond substituents is 2. The van der Waals surface area contributed by atoms with Crippen molar-refractivity contribution < 1.29 is 18.6 Å². The van der Waals surface area contributed by atoms with Gasteiger partial charge in [0.15, 0.2) is 0 Å². The number of para-hydroxylation sites is 1. The van der Waals surface area contributed by atoms with Gasteiger partial charge in [-0.2, -0.15) is 5.10 Å². The number of nitrogens with one attached hydrogen (secondary N) is 2. The molecule has 2 heterocycles. The number of hydrogen-bond acceptors (Lipinski definition) is 8. The van der Waals surface area contributed by atoms with Crippen LogP contribution in [-0.2, 0) is 10.0 Å². The monoisotopic (exact) mass is 576 g/mol. The molecule has 0 unspecified atom stereocenters. The van der Waals surface area contributed by atoms with Crippen molar-refractivity contribution in [2.75, 3.05) is 18.4 Å². The number of anilines is 1. The molecule has 0 amide bonds. The van der Waals surface area contributed by atoms with E-state index in [9.17, 15) is 18.6 Å². The average Bonchev–Trinajstić information content (AvgIpc) is 3.41. The van der Waals surface area contributed by atoms with E-state index < -0.39 is 10.0 Å². The Labute approximate surface area is 236 Å². The molecular formula is C28H25ClN6O4S. The predicted octanol–water partition coefficient (Wildman–Crippen LogP) is 4.84. The van der Waals surface area contributed by atoms with Gasteiger partial charge >= 0.3 is 0 Å². The number of phenols is 2. The van der Waals surface area contributed by atoms with E-state index in [0.717, 1.165) is 11.3 Å². The third kappa shape index (κ3) is 6.23. The van der Waals surface area contributed by atoms with Gasteiger partial charge in [0.2, 0.25) is 16.0 Å². The maximum Gasteiger partial charge on any atom is 0.240 e. The van der Waals surface area contributed by atoms with Gasteiger partial charge in [-0.15, -0.1) is 0 Å². The fraction of sp³-hybridized carbons (Fsp3) is 0.107. The molecule has 0 aliphatic carbocycles. The number of rotatable bonds is 10. The van der Waals surface area contributed by atoms with Gasteiger partial charge in [0.1, 0.15) is 17.2 Å². The van der Waals surface area contributed by atoms with Crippen molar-refractivity contribution in [3.63, 3.8) is 0 Å². The smallest absolute Gasteiger partial charge is 0.240 e. The Kier molecular flexibility index (Phi) is 7.96. The summed E-state index contributed by atoms with van der Waals surface area (Å²) in [6, 6.07) is 21.7. The first kappa shape index (κ1) is 27.1. The van der Waals surface area contributed by atoms with E-state index in [0.29, 0.717) is 35.9 Å². The van der Waals surface area contributed by atoms with E-state index in [-0.39, 0.29) is 28.0 Å². The zero-order valence-electron chi connectivity index (χ0n) is 21.1. The first-order chi connectivity index (χ1) is 19.3. The van der Waals surface area contributed by atoms with Gasteiger partial charge in [-0.3, -0.25) is 0 Å². The molecule has 12 heteroatoms. The molecule has 0 saturated heterocycles. The van der Waals surface area contributed by atoms with E-state index in [1.807, 2.05) is 36.5 Å². The van der Waals surface area contributed by atoms with Crippen LogP contribution in [0, 0.1) is 0 Å². The zero-order chi connectivity index (χ0) is 28.1. The number of hydrogen-bond donors (Lipinski definition) is 4. The Morgan fingerprint density at radius 1 is 0.925 bits per heavy atom.